The van der Waals surface area contributed by atoms with Gasteiger partial charge >= 0.3 is 0 Å². The van der Waals surface area contributed by atoms with Crippen LogP contribution in [0.3, 0.4) is 0 Å². The Bertz CT molecular complexity index is 1020. The number of rotatable bonds is 7. The predicted molar refractivity (Wildman–Crippen MR) is 132 cm³/mol. The van der Waals surface area contributed by atoms with Crippen LogP contribution >= 0.6 is 0 Å². The van der Waals surface area contributed by atoms with Crippen LogP contribution in [0.5, 0.6) is 0 Å². The fraction of sp³-hybridized carbons (Fsp3) is 0.286. The lowest BCUT2D eigenvalue weighted by atomic mass is 9.90. The van der Waals surface area contributed by atoms with Gasteiger partial charge in [0, 0.05) is 31.9 Å². The number of benzene rings is 3. The van der Waals surface area contributed by atoms with Gasteiger partial charge in [-0.2, -0.15) is 0 Å². The molecular weight excluding hydrogens is 410 g/mol. The Morgan fingerprint density at radius 1 is 0.788 bits per heavy atom. The van der Waals surface area contributed by atoms with Crippen LogP contribution in [0.2, 0.25) is 0 Å². The Morgan fingerprint density at radius 2 is 1.33 bits per heavy atom. The van der Waals surface area contributed by atoms with E-state index in [1.54, 1.807) is 0 Å². The minimum Gasteiger partial charge on any atom is -0.339 e. The highest BCUT2D eigenvalue weighted by molar-refractivity contribution is 5.93. The molecule has 1 fully saturated rings. The van der Waals surface area contributed by atoms with Gasteiger partial charge in [-0.15, -0.1) is 0 Å². The highest BCUT2D eigenvalue weighted by atomic mass is 16.2. The summed E-state index contributed by atoms with van der Waals surface area (Å²) in [4.78, 5) is 30.2. The molecule has 0 aromatic heterocycles. The number of nitrogens with zero attached hydrogens (tertiary/aromatic N) is 2. The van der Waals surface area contributed by atoms with Gasteiger partial charge in [-0.25, -0.2) is 0 Å². The molecule has 1 aliphatic rings. The molecular formula is C28H31N3O2. The summed E-state index contributed by atoms with van der Waals surface area (Å²) >= 11 is 0. The van der Waals surface area contributed by atoms with Crippen molar-refractivity contribution < 1.29 is 9.59 Å². The Kier molecular flexibility index (Phi) is 7.53. The summed E-state index contributed by atoms with van der Waals surface area (Å²) in [7, 11) is 0. The van der Waals surface area contributed by atoms with E-state index in [2.05, 4.69) is 17.1 Å². The number of para-hydroxylation sites is 1. The van der Waals surface area contributed by atoms with E-state index in [9.17, 15) is 9.59 Å². The summed E-state index contributed by atoms with van der Waals surface area (Å²) in [6.45, 7) is 5.03. The zero-order valence-corrected chi connectivity index (χ0v) is 19.1. The number of carbonyl (C=O) groups is 2. The van der Waals surface area contributed by atoms with Crippen molar-refractivity contribution in [1.82, 2.24) is 9.80 Å². The summed E-state index contributed by atoms with van der Waals surface area (Å²) < 4.78 is 0. The molecule has 5 heteroatoms. The lowest BCUT2D eigenvalue weighted by Gasteiger charge is -2.36. The van der Waals surface area contributed by atoms with Crippen LogP contribution in [0.4, 0.5) is 5.69 Å². The van der Waals surface area contributed by atoms with Gasteiger partial charge in [0.05, 0.1) is 12.5 Å². The molecule has 4 rings (SSSR count). The van der Waals surface area contributed by atoms with Gasteiger partial charge in [0.15, 0.2) is 0 Å². The summed E-state index contributed by atoms with van der Waals surface area (Å²) in [6, 6.07) is 27.8. The van der Waals surface area contributed by atoms with Crippen molar-refractivity contribution >= 4 is 17.5 Å². The molecule has 0 radical (unpaired) electrons. The molecule has 1 saturated heterocycles. The number of amides is 2. The summed E-state index contributed by atoms with van der Waals surface area (Å²) in [5.41, 5.74) is 4.02. The van der Waals surface area contributed by atoms with Crippen molar-refractivity contribution in [2.75, 3.05) is 38.0 Å². The van der Waals surface area contributed by atoms with Crippen molar-refractivity contribution in [1.29, 1.82) is 0 Å². The zero-order chi connectivity index (χ0) is 23.0. The van der Waals surface area contributed by atoms with Crippen LogP contribution in [0.15, 0.2) is 84.9 Å². The molecule has 33 heavy (non-hydrogen) atoms. The Balaban J connectivity index is 1.37. The average Bonchev–Trinajstić information content (AvgIpc) is 2.86. The predicted octanol–water partition coefficient (Wildman–Crippen LogP) is 4.16. The molecule has 0 bridgehead atoms. The maximum atomic E-state index is 13.6. The van der Waals surface area contributed by atoms with Crippen molar-refractivity contribution in [3.8, 4) is 0 Å². The van der Waals surface area contributed by atoms with Gasteiger partial charge in [-0.1, -0.05) is 85.8 Å². The van der Waals surface area contributed by atoms with Crippen molar-refractivity contribution in [3.63, 3.8) is 0 Å². The summed E-state index contributed by atoms with van der Waals surface area (Å²) in [5.74, 6) is -0.205. The highest BCUT2D eigenvalue weighted by Gasteiger charge is 2.30. The lowest BCUT2D eigenvalue weighted by molar-refractivity contribution is -0.133. The van der Waals surface area contributed by atoms with E-state index < -0.39 is 0 Å². The van der Waals surface area contributed by atoms with E-state index in [1.165, 1.54) is 0 Å². The molecule has 3 aromatic rings. The first-order chi connectivity index (χ1) is 16.2. The number of carbonyl (C=O) groups excluding carboxylic acids is 2. The maximum absolute atomic E-state index is 13.6. The molecule has 5 nitrogen and oxygen atoms in total. The molecule has 0 atom stereocenters. The largest absolute Gasteiger partial charge is 0.339 e. The third-order valence-electron chi connectivity index (χ3n) is 6.24. The summed E-state index contributed by atoms with van der Waals surface area (Å²) in [6.07, 6.45) is 0.876. The van der Waals surface area contributed by atoms with Gasteiger partial charge in [-0.05, 0) is 29.2 Å². The molecule has 3 aromatic carbocycles. The van der Waals surface area contributed by atoms with E-state index >= 15 is 0 Å². The molecule has 0 spiro atoms. The number of hydrogen-bond acceptors (Lipinski definition) is 3. The van der Waals surface area contributed by atoms with Crippen LogP contribution in [0, 0.1) is 0 Å². The topological polar surface area (TPSA) is 52.7 Å². The first-order valence-electron chi connectivity index (χ1n) is 11.6. The second-order valence-electron chi connectivity index (χ2n) is 8.41. The van der Waals surface area contributed by atoms with Gasteiger partial charge in [0.2, 0.25) is 11.8 Å². The number of aryl methyl sites for hydroxylation is 1. The highest BCUT2D eigenvalue weighted by Crippen LogP contribution is 2.27. The van der Waals surface area contributed by atoms with Crippen LogP contribution in [-0.4, -0.2) is 54.3 Å². The molecule has 0 unspecified atom stereocenters. The number of hydrogen-bond donors (Lipinski definition) is 1. The zero-order valence-electron chi connectivity index (χ0n) is 19.1. The number of nitrogens with one attached hydrogen (secondary N) is 1. The third-order valence-corrected chi connectivity index (χ3v) is 6.24. The van der Waals surface area contributed by atoms with Gasteiger partial charge in [0.25, 0.3) is 0 Å². The van der Waals surface area contributed by atoms with E-state index in [-0.39, 0.29) is 17.7 Å². The molecule has 1 heterocycles. The average molecular weight is 442 g/mol. The minimum absolute atomic E-state index is 0.0119. The van der Waals surface area contributed by atoms with Crippen LogP contribution < -0.4 is 5.32 Å². The van der Waals surface area contributed by atoms with E-state index in [0.717, 1.165) is 28.8 Å². The normalized spacial score (nSPS) is 14.3. The molecule has 2 amide bonds. The third kappa shape index (κ3) is 5.68. The van der Waals surface area contributed by atoms with Gasteiger partial charge in [-0.3, -0.25) is 14.5 Å². The summed E-state index contributed by atoms with van der Waals surface area (Å²) in [5, 5.41) is 3.04. The fourth-order valence-electron chi connectivity index (χ4n) is 4.42. The molecule has 1 aliphatic heterocycles. The number of piperazine rings is 1. The fourth-order valence-corrected chi connectivity index (χ4v) is 4.42. The van der Waals surface area contributed by atoms with Crippen LogP contribution in [0.1, 0.15) is 29.5 Å². The molecule has 1 N–H and O–H groups in total. The standard InChI is InChI=1S/C28H31N3O2/c1-2-22-11-9-10-16-25(22)29-26(32)21-30-17-19-31(20-18-30)28(33)27(23-12-5-3-6-13-23)24-14-7-4-8-15-24/h3-16,27H,2,17-21H2,1H3,(H,29,32). The smallest absolute Gasteiger partial charge is 0.238 e. The Labute approximate surface area is 196 Å². The van der Waals surface area contributed by atoms with E-state index in [0.29, 0.717) is 32.7 Å². The second-order valence-corrected chi connectivity index (χ2v) is 8.41. The van der Waals surface area contributed by atoms with Crippen LogP contribution in [-0.2, 0) is 16.0 Å². The maximum Gasteiger partial charge on any atom is 0.238 e. The SMILES string of the molecule is CCc1ccccc1NC(=O)CN1CCN(C(=O)C(c2ccccc2)c2ccccc2)CC1. The van der Waals surface area contributed by atoms with Gasteiger partial charge < -0.3 is 10.2 Å². The van der Waals surface area contributed by atoms with Gasteiger partial charge in [0.1, 0.15) is 0 Å². The van der Waals surface area contributed by atoms with Crippen LogP contribution in [0.25, 0.3) is 0 Å². The van der Waals surface area contributed by atoms with Crippen molar-refractivity contribution in [2.24, 2.45) is 0 Å². The van der Waals surface area contributed by atoms with Crippen molar-refractivity contribution in [2.45, 2.75) is 19.3 Å². The molecule has 170 valence electrons. The first-order valence-corrected chi connectivity index (χ1v) is 11.6. The monoisotopic (exact) mass is 441 g/mol. The Hall–Kier alpha value is -3.44. The first kappa shape index (κ1) is 22.7. The van der Waals surface area contributed by atoms with Crippen molar-refractivity contribution in [3.05, 3.63) is 102 Å². The second kappa shape index (κ2) is 10.9. The molecule has 0 saturated carbocycles. The quantitative estimate of drug-likeness (QED) is 0.599. The molecule has 0 aliphatic carbocycles. The van der Waals surface area contributed by atoms with E-state index in [4.69, 9.17) is 0 Å². The lowest BCUT2D eigenvalue weighted by Crippen LogP contribution is -2.51. The minimum atomic E-state index is -0.312. The number of anilines is 1. The Morgan fingerprint density at radius 3 is 1.91 bits per heavy atom. The van der Waals surface area contributed by atoms with E-state index in [1.807, 2.05) is 89.8 Å².